The van der Waals surface area contributed by atoms with Crippen molar-refractivity contribution >= 4 is 34.2 Å². The first-order valence-corrected chi connectivity index (χ1v) is 8.84. The van der Waals surface area contributed by atoms with Crippen LogP contribution in [0.3, 0.4) is 0 Å². The maximum Gasteiger partial charge on any atom is 0.226 e. The fraction of sp³-hybridized carbons (Fsp3) is 0.158. The molecule has 2 aromatic carbocycles. The van der Waals surface area contributed by atoms with Crippen molar-refractivity contribution in [3.63, 3.8) is 0 Å². The number of hydrogen-bond acceptors (Lipinski definition) is 2. The molecule has 0 atom stereocenters. The Balaban J connectivity index is 1.56. The van der Waals surface area contributed by atoms with Gasteiger partial charge in [-0.25, -0.2) is 0 Å². The van der Waals surface area contributed by atoms with Crippen LogP contribution in [0, 0.1) is 10.5 Å². The zero-order valence-corrected chi connectivity index (χ0v) is 15.5. The Hall–Kier alpha value is -2.15. The molecule has 0 aliphatic rings. The van der Waals surface area contributed by atoms with Crippen LogP contribution >= 0.6 is 22.6 Å². The molecule has 0 saturated heterocycles. The zero-order valence-electron chi connectivity index (χ0n) is 13.4. The molecule has 0 unspecified atom stereocenters. The predicted molar refractivity (Wildman–Crippen MR) is 105 cm³/mol. The molecule has 1 amide bonds. The van der Waals surface area contributed by atoms with E-state index in [0.717, 1.165) is 20.5 Å². The lowest BCUT2D eigenvalue weighted by Crippen LogP contribution is -2.14. The van der Waals surface area contributed by atoms with Crippen molar-refractivity contribution < 1.29 is 4.79 Å². The van der Waals surface area contributed by atoms with Crippen LogP contribution in [0.1, 0.15) is 12.1 Å². The molecule has 0 aliphatic carbocycles. The van der Waals surface area contributed by atoms with Crippen LogP contribution in [-0.2, 0) is 11.3 Å². The number of aryl methyl sites for hydroxylation is 2. The number of nitrogens with one attached hydrogen (secondary N) is 1. The number of rotatable bonds is 5. The number of anilines is 1. The lowest BCUT2D eigenvalue weighted by atomic mass is 10.1. The Kier molecular flexibility index (Phi) is 5.30. The summed E-state index contributed by atoms with van der Waals surface area (Å²) in [5, 5.41) is 7.29. The molecule has 0 radical (unpaired) electrons. The van der Waals surface area contributed by atoms with Gasteiger partial charge >= 0.3 is 0 Å². The topological polar surface area (TPSA) is 46.9 Å². The van der Waals surface area contributed by atoms with Crippen LogP contribution < -0.4 is 5.32 Å². The van der Waals surface area contributed by atoms with E-state index in [2.05, 4.69) is 45.1 Å². The third-order valence-electron chi connectivity index (χ3n) is 3.73. The SMILES string of the molecule is Cc1nn(CCC(=O)Nc2ccc(-c3ccccc3)cc2)cc1I. The minimum Gasteiger partial charge on any atom is -0.326 e. The molecule has 0 spiro atoms. The quantitative estimate of drug-likeness (QED) is 0.606. The monoisotopic (exact) mass is 431 g/mol. The molecular formula is C19H18IN3O. The Labute approximate surface area is 155 Å². The van der Waals surface area contributed by atoms with E-state index in [9.17, 15) is 4.79 Å². The molecule has 4 nitrogen and oxygen atoms in total. The second-order valence-electron chi connectivity index (χ2n) is 5.57. The summed E-state index contributed by atoms with van der Waals surface area (Å²) in [5.74, 6) is -0.00868. The molecule has 3 rings (SSSR count). The largest absolute Gasteiger partial charge is 0.326 e. The smallest absolute Gasteiger partial charge is 0.226 e. The van der Waals surface area contributed by atoms with Gasteiger partial charge in [-0.2, -0.15) is 5.10 Å². The Bertz CT molecular complexity index is 806. The summed E-state index contributed by atoms with van der Waals surface area (Å²) in [5.41, 5.74) is 4.10. The molecule has 0 aliphatic heterocycles. The van der Waals surface area contributed by atoms with E-state index in [-0.39, 0.29) is 5.91 Å². The summed E-state index contributed by atoms with van der Waals surface area (Å²) in [6.45, 7) is 2.55. The number of hydrogen-bond donors (Lipinski definition) is 1. The molecule has 24 heavy (non-hydrogen) atoms. The van der Waals surface area contributed by atoms with E-state index >= 15 is 0 Å². The van der Waals surface area contributed by atoms with Crippen molar-refractivity contribution in [3.8, 4) is 11.1 Å². The van der Waals surface area contributed by atoms with Gasteiger partial charge in [0, 0.05) is 24.8 Å². The number of carbonyl (C=O) groups is 1. The van der Waals surface area contributed by atoms with E-state index in [1.807, 2.05) is 60.3 Å². The van der Waals surface area contributed by atoms with Crippen LogP contribution in [0.4, 0.5) is 5.69 Å². The average Bonchev–Trinajstić information content (AvgIpc) is 2.93. The molecule has 1 heterocycles. The zero-order chi connectivity index (χ0) is 16.9. The molecule has 1 aromatic heterocycles. The second kappa shape index (κ2) is 7.61. The van der Waals surface area contributed by atoms with E-state index in [0.29, 0.717) is 13.0 Å². The third-order valence-corrected chi connectivity index (χ3v) is 4.79. The number of aromatic nitrogens is 2. The van der Waals surface area contributed by atoms with Gasteiger partial charge in [-0.05, 0) is 52.8 Å². The highest BCUT2D eigenvalue weighted by atomic mass is 127. The van der Waals surface area contributed by atoms with Gasteiger partial charge in [-0.1, -0.05) is 42.5 Å². The maximum absolute atomic E-state index is 12.1. The molecule has 0 bridgehead atoms. The minimum absolute atomic E-state index is 0.00868. The van der Waals surface area contributed by atoms with Gasteiger partial charge < -0.3 is 5.32 Å². The molecule has 1 N–H and O–H groups in total. The highest BCUT2D eigenvalue weighted by Gasteiger charge is 2.06. The summed E-state index contributed by atoms with van der Waals surface area (Å²) in [7, 11) is 0. The van der Waals surface area contributed by atoms with Crippen molar-refractivity contribution in [2.24, 2.45) is 0 Å². The summed E-state index contributed by atoms with van der Waals surface area (Å²) in [4.78, 5) is 12.1. The summed E-state index contributed by atoms with van der Waals surface area (Å²) >= 11 is 2.24. The van der Waals surface area contributed by atoms with Gasteiger partial charge in [0.15, 0.2) is 0 Å². The highest BCUT2D eigenvalue weighted by molar-refractivity contribution is 14.1. The number of amides is 1. The van der Waals surface area contributed by atoms with Crippen molar-refractivity contribution in [3.05, 3.63) is 70.1 Å². The first kappa shape index (κ1) is 16.7. The van der Waals surface area contributed by atoms with Crippen LogP contribution in [0.2, 0.25) is 0 Å². The van der Waals surface area contributed by atoms with E-state index in [4.69, 9.17) is 0 Å². The van der Waals surface area contributed by atoms with Crippen molar-refractivity contribution in [1.29, 1.82) is 0 Å². The van der Waals surface area contributed by atoms with Crippen LogP contribution in [0.15, 0.2) is 60.8 Å². The standard InChI is InChI=1S/C19H18IN3O/c1-14-18(20)13-23(22-14)12-11-19(24)21-17-9-7-16(8-10-17)15-5-3-2-4-6-15/h2-10,13H,11-12H2,1H3,(H,21,24). The normalized spacial score (nSPS) is 10.6. The fourth-order valence-corrected chi connectivity index (χ4v) is 2.85. The lowest BCUT2D eigenvalue weighted by molar-refractivity contribution is -0.116. The van der Waals surface area contributed by atoms with E-state index < -0.39 is 0 Å². The van der Waals surface area contributed by atoms with Crippen molar-refractivity contribution in [1.82, 2.24) is 9.78 Å². The van der Waals surface area contributed by atoms with Crippen LogP contribution in [0.5, 0.6) is 0 Å². The van der Waals surface area contributed by atoms with Gasteiger partial charge in [0.05, 0.1) is 9.26 Å². The van der Waals surface area contributed by atoms with Crippen LogP contribution in [0.25, 0.3) is 11.1 Å². The summed E-state index contributed by atoms with van der Waals surface area (Å²) in [6.07, 6.45) is 2.36. The van der Waals surface area contributed by atoms with Gasteiger partial charge in [-0.15, -0.1) is 0 Å². The number of halogens is 1. The Morgan fingerprint density at radius 3 is 2.38 bits per heavy atom. The molecule has 0 fully saturated rings. The number of carbonyl (C=O) groups excluding carboxylic acids is 1. The average molecular weight is 431 g/mol. The Morgan fingerprint density at radius 2 is 1.75 bits per heavy atom. The maximum atomic E-state index is 12.1. The van der Waals surface area contributed by atoms with Crippen LogP contribution in [-0.4, -0.2) is 15.7 Å². The van der Waals surface area contributed by atoms with Crippen molar-refractivity contribution in [2.75, 3.05) is 5.32 Å². The first-order valence-electron chi connectivity index (χ1n) is 7.77. The number of benzene rings is 2. The molecule has 3 aromatic rings. The second-order valence-corrected chi connectivity index (χ2v) is 6.73. The molecule has 5 heteroatoms. The Morgan fingerprint density at radius 1 is 1.08 bits per heavy atom. The van der Waals surface area contributed by atoms with E-state index in [1.54, 1.807) is 0 Å². The molecule has 122 valence electrons. The highest BCUT2D eigenvalue weighted by Crippen LogP contribution is 2.21. The minimum atomic E-state index is -0.00868. The fourth-order valence-electron chi connectivity index (χ4n) is 2.42. The van der Waals surface area contributed by atoms with Gasteiger partial charge in [0.2, 0.25) is 5.91 Å². The lowest BCUT2D eigenvalue weighted by Gasteiger charge is -2.07. The van der Waals surface area contributed by atoms with E-state index in [1.165, 1.54) is 5.56 Å². The molecular weight excluding hydrogens is 413 g/mol. The summed E-state index contributed by atoms with van der Waals surface area (Å²) in [6, 6.07) is 18.1. The number of nitrogens with zero attached hydrogens (tertiary/aromatic N) is 2. The molecule has 0 saturated carbocycles. The first-order chi connectivity index (χ1) is 11.6. The van der Waals surface area contributed by atoms with Gasteiger partial charge in [-0.3, -0.25) is 9.48 Å². The van der Waals surface area contributed by atoms with Gasteiger partial charge in [0.25, 0.3) is 0 Å². The summed E-state index contributed by atoms with van der Waals surface area (Å²) < 4.78 is 2.93. The van der Waals surface area contributed by atoms with Crippen molar-refractivity contribution in [2.45, 2.75) is 19.9 Å². The third kappa shape index (κ3) is 4.23. The van der Waals surface area contributed by atoms with Gasteiger partial charge in [0.1, 0.15) is 0 Å². The predicted octanol–water partition coefficient (Wildman–Crippen LogP) is 4.49.